The predicted molar refractivity (Wildman–Crippen MR) is 39.3 cm³/mol. The van der Waals surface area contributed by atoms with Crippen molar-refractivity contribution in [1.82, 2.24) is 0 Å². The van der Waals surface area contributed by atoms with E-state index >= 15 is 0 Å². The largest absolute Gasteiger partial charge is 0.416 e. The molecular formula is C7H5BF4. The maximum Gasteiger partial charge on any atom is 0.416 e. The maximum atomic E-state index is 11.9. The van der Waals surface area contributed by atoms with E-state index in [1.54, 1.807) is 0 Å². The number of rotatable bonds is 1. The van der Waals surface area contributed by atoms with Crippen molar-refractivity contribution in [2.45, 2.75) is 6.18 Å². The van der Waals surface area contributed by atoms with Gasteiger partial charge in [0.1, 0.15) is 0 Å². The van der Waals surface area contributed by atoms with Crippen LogP contribution in [0.25, 0.3) is 0 Å². The van der Waals surface area contributed by atoms with Gasteiger partial charge in [-0.25, -0.2) is 0 Å². The molecule has 0 heterocycles. The van der Waals surface area contributed by atoms with E-state index in [0.29, 0.717) is 0 Å². The van der Waals surface area contributed by atoms with Gasteiger partial charge in [0.2, 0.25) is 0 Å². The van der Waals surface area contributed by atoms with Crippen LogP contribution >= 0.6 is 0 Å². The van der Waals surface area contributed by atoms with Crippen LogP contribution in [0, 0.1) is 0 Å². The monoisotopic (exact) mass is 176 g/mol. The molecule has 0 aliphatic heterocycles. The molecule has 0 nitrogen and oxygen atoms in total. The molecule has 0 aromatic heterocycles. The highest BCUT2D eigenvalue weighted by Gasteiger charge is 2.29. The fourth-order valence-electron chi connectivity index (χ4n) is 0.783. The first-order valence-corrected chi connectivity index (χ1v) is 3.26. The Morgan fingerprint density at radius 3 is 1.83 bits per heavy atom. The Bertz CT molecular complexity index is 251. The van der Waals surface area contributed by atoms with E-state index in [1.165, 1.54) is 0 Å². The third-order valence-corrected chi connectivity index (χ3v) is 1.44. The molecule has 0 bridgehead atoms. The average Bonchev–Trinajstić information content (AvgIpc) is 2.03. The molecule has 1 aromatic carbocycles. The summed E-state index contributed by atoms with van der Waals surface area (Å²) in [6.07, 6.45) is -4.34. The molecule has 0 saturated carbocycles. The Kier molecular flexibility index (Phi) is 2.40. The SMILES string of the molecule is FBc1ccc(C(F)(F)F)cc1. The summed E-state index contributed by atoms with van der Waals surface area (Å²) in [6.45, 7) is 0. The van der Waals surface area contributed by atoms with Gasteiger partial charge in [0.05, 0.1) is 5.56 Å². The second-order valence-electron chi connectivity index (χ2n) is 2.33. The molecule has 0 saturated heterocycles. The number of hydrogen-bond donors (Lipinski definition) is 0. The minimum Gasteiger partial charge on any atom is -0.335 e. The predicted octanol–water partition coefficient (Wildman–Crippen LogP) is 1.65. The fourth-order valence-corrected chi connectivity index (χ4v) is 0.783. The first-order valence-electron chi connectivity index (χ1n) is 3.26. The summed E-state index contributed by atoms with van der Waals surface area (Å²) in [5.41, 5.74) is -0.498. The molecule has 0 aliphatic rings. The Morgan fingerprint density at radius 2 is 1.50 bits per heavy atom. The van der Waals surface area contributed by atoms with Gasteiger partial charge < -0.3 is 4.32 Å². The molecule has 0 aliphatic carbocycles. The van der Waals surface area contributed by atoms with E-state index in [4.69, 9.17) is 0 Å². The molecule has 64 valence electrons. The molecule has 0 amide bonds. The Morgan fingerprint density at radius 1 is 1.00 bits per heavy atom. The van der Waals surface area contributed by atoms with Gasteiger partial charge in [-0.1, -0.05) is 24.3 Å². The third kappa shape index (κ3) is 2.00. The fraction of sp³-hybridized carbons (Fsp3) is 0.143. The number of hydrogen-bond acceptors (Lipinski definition) is 0. The van der Waals surface area contributed by atoms with Gasteiger partial charge >= 0.3 is 13.7 Å². The number of alkyl halides is 3. The van der Waals surface area contributed by atoms with Crippen LogP contribution in [-0.2, 0) is 6.18 Å². The highest BCUT2D eigenvalue weighted by atomic mass is 19.4. The molecule has 0 unspecified atom stereocenters. The molecule has 0 N–H and O–H groups in total. The van der Waals surface area contributed by atoms with Crippen LogP contribution in [0.4, 0.5) is 17.5 Å². The van der Waals surface area contributed by atoms with Gasteiger partial charge in [-0.15, -0.1) is 0 Å². The normalized spacial score (nSPS) is 11.3. The van der Waals surface area contributed by atoms with Crippen molar-refractivity contribution in [3.05, 3.63) is 29.8 Å². The minimum absolute atomic E-state index is 0.253. The van der Waals surface area contributed by atoms with Crippen molar-refractivity contribution in [1.29, 1.82) is 0 Å². The van der Waals surface area contributed by atoms with Crippen molar-refractivity contribution in [2.75, 3.05) is 0 Å². The molecule has 12 heavy (non-hydrogen) atoms. The van der Waals surface area contributed by atoms with Crippen molar-refractivity contribution < 1.29 is 17.5 Å². The summed E-state index contributed by atoms with van der Waals surface area (Å²) in [4.78, 5) is 0. The van der Waals surface area contributed by atoms with E-state index in [1.807, 2.05) is 0 Å². The summed E-state index contributed by atoms with van der Waals surface area (Å²) in [5.74, 6) is 0. The van der Waals surface area contributed by atoms with Crippen LogP contribution in [0.15, 0.2) is 24.3 Å². The second kappa shape index (κ2) is 3.17. The van der Waals surface area contributed by atoms with Gasteiger partial charge in [-0.3, -0.25) is 0 Å². The summed E-state index contributed by atoms with van der Waals surface area (Å²) < 4.78 is 47.7. The summed E-state index contributed by atoms with van der Waals surface area (Å²) in [6, 6.07) is 4.00. The Balaban J connectivity index is 2.93. The number of benzene rings is 1. The van der Waals surface area contributed by atoms with Crippen molar-refractivity contribution in [2.24, 2.45) is 0 Å². The second-order valence-corrected chi connectivity index (χ2v) is 2.33. The zero-order chi connectivity index (χ0) is 9.19. The molecule has 1 rings (SSSR count). The smallest absolute Gasteiger partial charge is 0.335 e. The highest BCUT2D eigenvalue weighted by Crippen LogP contribution is 2.28. The molecular weight excluding hydrogens is 171 g/mol. The highest BCUT2D eigenvalue weighted by molar-refractivity contribution is 6.46. The van der Waals surface area contributed by atoms with Crippen LogP contribution in [-0.4, -0.2) is 7.56 Å². The zero-order valence-corrected chi connectivity index (χ0v) is 6.03. The van der Waals surface area contributed by atoms with Crippen LogP contribution in [0.2, 0.25) is 0 Å². The number of halogens is 4. The molecule has 5 heteroatoms. The van der Waals surface area contributed by atoms with Gasteiger partial charge in [0.25, 0.3) is 0 Å². The lowest BCUT2D eigenvalue weighted by Gasteiger charge is -2.05. The maximum absolute atomic E-state index is 11.9. The zero-order valence-electron chi connectivity index (χ0n) is 6.03. The van der Waals surface area contributed by atoms with Crippen LogP contribution in [0.5, 0.6) is 0 Å². The first kappa shape index (κ1) is 9.10. The molecule has 1 aromatic rings. The van der Waals surface area contributed by atoms with Crippen molar-refractivity contribution in [3.8, 4) is 0 Å². The Hall–Kier alpha value is -0.995. The van der Waals surface area contributed by atoms with Crippen LogP contribution < -0.4 is 5.46 Å². The lowest BCUT2D eigenvalue weighted by Crippen LogP contribution is -2.11. The minimum atomic E-state index is -4.34. The van der Waals surface area contributed by atoms with E-state index in [2.05, 4.69) is 0 Å². The van der Waals surface area contributed by atoms with E-state index in [9.17, 15) is 17.5 Å². The average molecular weight is 176 g/mol. The topological polar surface area (TPSA) is 0 Å². The van der Waals surface area contributed by atoms with Gasteiger partial charge in [-0.2, -0.15) is 13.2 Å². The van der Waals surface area contributed by atoms with Gasteiger partial charge in [-0.05, 0) is 5.46 Å². The summed E-state index contributed by atoms with van der Waals surface area (Å²) >= 11 is 0. The van der Waals surface area contributed by atoms with Crippen molar-refractivity contribution in [3.63, 3.8) is 0 Å². The summed E-state index contributed by atoms with van der Waals surface area (Å²) in [5, 5.41) is 0. The van der Waals surface area contributed by atoms with E-state index in [-0.39, 0.29) is 5.46 Å². The van der Waals surface area contributed by atoms with E-state index < -0.39 is 19.3 Å². The third-order valence-electron chi connectivity index (χ3n) is 1.44. The standard InChI is InChI=1S/C7H5BF4/c9-7(10,11)5-1-3-6(8-12)4-2-5/h1-4,8H. The quantitative estimate of drug-likeness (QED) is 0.450. The molecule has 0 radical (unpaired) electrons. The lowest BCUT2D eigenvalue weighted by molar-refractivity contribution is -0.137. The van der Waals surface area contributed by atoms with Gasteiger partial charge in [0.15, 0.2) is 0 Å². The lowest BCUT2D eigenvalue weighted by atomic mass is 9.91. The van der Waals surface area contributed by atoms with Crippen LogP contribution in [0.3, 0.4) is 0 Å². The molecule has 0 atom stereocenters. The molecule has 0 spiro atoms. The van der Waals surface area contributed by atoms with Crippen LogP contribution in [0.1, 0.15) is 5.56 Å². The Labute approximate surface area is 67.5 Å². The van der Waals surface area contributed by atoms with E-state index in [0.717, 1.165) is 24.3 Å². The van der Waals surface area contributed by atoms with Gasteiger partial charge in [0, 0.05) is 0 Å². The molecule has 0 fully saturated rings. The van der Waals surface area contributed by atoms with Crippen molar-refractivity contribution >= 4 is 13.0 Å². The first-order chi connectivity index (χ1) is 5.54. The summed E-state index contributed by atoms with van der Waals surface area (Å²) in [7, 11) is -0.738.